The highest BCUT2D eigenvalue weighted by molar-refractivity contribution is 7.92. The van der Waals surface area contributed by atoms with Crippen LogP contribution < -0.4 is 0 Å². The average molecular weight is 583 g/mol. The molecule has 39 heavy (non-hydrogen) atoms. The molecule has 0 N–H and O–H groups in total. The van der Waals surface area contributed by atoms with E-state index in [1.54, 1.807) is 52.0 Å². The zero-order valence-electron chi connectivity index (χ0n) is 22.6. The van der Waals surface area contributed by atoms with E-state index in [1.807, 2.05) is 13.8 Å². The van der Waals surface area contributed by atoms with E-state index in [2.05, 4.69) is 0 Å². The van der Waals surface area contributed by atoms with Gasteiger partial charge in [0.2, 0.25) is 29.5 Å². The molecule has 0 aliphatic carbocycles. The predicted molar refractivity (Wildman–Crippen MR) is 151 cm³/mol. The first-order valence-electron chi connectivity index (χ1n) is 12.2. The van der Waals surface area contributed by atoms with E-state index >= 15 is 0 Å². The molecule has 204 valence electrons. The van der Waals surface area contributed by atoms with E-state index in [0.29, 0.717) is 22.3 Å². The summed E-state index contributed by atoms with van der Waals surface area (Å²) in [4.78, 5) is 0.196. The third kappa shape index (κ3) is 5.18. The predicted octanol–water partition coefficient (Wildman–Crippen LogP) is 6.04. The Hall–Kier alpha value is -3.27. The van der Waals surface area contributed by atoms with Crippen molar-refractivity contribution in [3.05, 3.63) is 106 Å². The summed E-state index contributed by atoms with van der Waals surface area (Å²) in [6, 6.07) is 17.3. The Morgan fingerprint density at radius 2 is 0.564 bits per heavy atom. The van der Waals surface area contributed by atoms with E-state index in [4.69, 9.17) is 0 Å². The third-order valence-electron chi connectivity index (χ3n) is 6.64. The lowest BCUT2D eigenvalue weighted by atomic mass is 10.1. The lowest BCUT2D eigenvalue weighted by Crippen LogP contribution is -2.09. The van der Waals surface area contributed by atoms with Crippen molar-refractivity contribution in [1.29, 1.82) is 0 Å². The first-order valence-corrected chi connectivity index (χ1v) is 16.6. The smallest absolute Gasteiger partial charge is 0.207 e. The van der Waals surface area contributed by atoms with E-state index in [9.17, 15) is 25.3 Å². The van der Waals surface area contributed by atoms with Gasteiger partial charge < -0.3 is 0 Å². The van der Waals surface area contributed by atoms with Gasteiger partial charge in [0, 0.05) is 0 Å². The van der Waals surface area contributed by atoms with Crippen molar-refractivity contribution in [1.82, 2.24) is 0 Å². The van der Waals surface area contributed by atoms with Gasteiger partial charge in [-0.25, -0.2) is 25.3 Å². The second kappa shape index (κ2) is 10.0. The summed E-state index contributed by atoms with van der Waals surface area (Å²) in [5.74, 6) is 0. The van der Waals surface area contributed by atoms with Crippen molar-refractivity contribution in [2.45, 2.75) is 70.9 Å². The molecule has 0 aliphatic rings. The third-order valence-corrected chi connectivity index (χ3v) is 12.6. The SMILES string of the molecule is Cc1cc(C)c(S(=O)(=O)c2ccc(S(=O)(=O)c3ccc(S(=O)(=O)c4c(C)cc(C)cc4C)cc3)cc2)c(C)c1. The van der Waals surface area contributed by atoms with Gasteiger partial charge in [-0.15, -0.1) is 0 Å². The van der Waals surface area contributed by atoms with Crippen LogP contribution >= 0.6 is 0 Å². The van der Waals surface area contributed by atoms with E-state index < -0.39 is 29.5 Å². The van der Waals surface area contributed by atoms with E-state index in [-0.39, 0.29) is 29.4 Å². The summed E-state index contributed by atoms with van der Waals surface area (Å²) in [5, 5.41) is 0. The van der Waals surface area contributed by atoms with Crippen LogP contribution in [0.1, 0.15) is 33.4 Å². The summed E-state index contributed by atoms with van der Waals surface area (Å²) in [6.07, 6.45) is 0. The zero-order valence-corrected chi connectivity index (χ0v) is 25.1. The molecule has 4 aromatic rings. The lowest BCUT2D eigenvalue weighted by molar-refractivity contribution is 0.591. The van der Waals surface area contributed by atoms with Gasteiger partial charge in [0.25, 0.3) is 0 Å². The maximum Gasteiger partial charge on any atom is 0.207 e. The maximum absolute atomic E-state index is 13.3. The molecular formula is C30H30O6S3. The second-order valence-corrected chi connectivity index (χ2v) is 15.6. The highest BCUT2D eigenvalue weighted by Gasteiger charge is 2.26. The van der Waals surface area contributed by atoms with Crippen LogP contribution in [0.5, 0.6) is 0 Å². The van der Waals surface area contributed by atoms with Crippen molar-refractivity contribution in [2.75, 3.05) is 0 Å². The van der Waals surface area contributed by atoms with Gasteiger partial charge in [-0.1, -0.05) is 35.4 Å². The second-order valence-electron chi connectivity index (χ2n) is 9.91. The molecule has 0 bridgehead atoms. The Kier molecular flexibility index (Phi) is 7.40. The van der Waals surface area contributed by atoms with Gasteiger partial charge in [0.1, 0.15) is 0 Å². The number of benzene rings is 4. The minimum atomic E-state index is -4.03. The Bertz CT molecular complexity index is 1740. The zero-order chi connectivity index (χ0) is 28.9. The van der Waals surface area contributed by atoms with E-state index in [0.717, 1.165) is 11.1 Å². The molecule has 4 rings (SSSR count). The highest BCUT2D eigenvalue weighted by atomic mass is 32.2. The summed E-state index contributed by atoms with van der Waals surface area (Å²) in [6.45, 7) is 10.7. The molecule has 4 aromatic carbocycles. The first-order chi connectivity index (χ1) is 18.1. The van der Waals surface area contributed by atoms with Crippen LogP contribution in [-0.2, 0) is 29.5 Å². The minimum Gasteiger partial charge on any atom is -0.219 e. The van der Waals surface area contributed by atoms with Crippen LogP contribution in [0.3, 0.4) is 0 Å². The number of hydrogen-bond acceptors (Lipinski definition) is 6. The Balaban J connectivity index is 1.68. The average Bonchev–Trinajstić information content (AvgIpc) is 2.82. The summed E-state index contributed by atoms with van der Waals surface area (Å²) >= 11 is 0. The van der Waals surface area contributed by atoms with Crippen molar-refractivity contribution >= 4 is 29.5 Å². The molecule has 0 unspecified atom stereocenters. The van der Waals surface area contributed by atoms with Crippen LogP contribution in [0.2, 0.25) is 0 Å². The fourth-order valence-electron chi connectivity index (χ4n) is 5.15. The van der Waals surface area contributed by atoms with E-state index in [1.165, 1.54) is 48.5 Å². The number of sulfone groups is 3. The van der Waals surface area contributed by atoms with Crippen LogP contribution in [-0.4, -0.2) is 25.3 Å². The molecule has 0 radical (unpaired) electrons. The van der Waals surface area contributed by atoms with Crippen LogP contribution in [0.4, 0.5) is 0 Å². The maximum atomic E-state index is 13.3. The molecule has 0 spiro atoms. The number of aryl methyl sites for hydroxylation is 6. The van der Waals surface area contributed by atoms with Gasteiger partial charge in [-0.3, -0.25) is 0 Å². The summed E-state index contributed by atoms with van der Waals surface area (Å²) in [5.41, 5.74) is 4.39. The molecule has 0 saturated carbocycles. The molecule has 0 heterocycles. The van der Waals surface area contributed by atoms with Crippen molar-refractivity contribution < 1.29 is 25.3 Å². The van der Waals surface area contributed by atoms with Crippen molar-refractivity contribution in [3.63, 3.8) is 0 Å². The molecule has 0 amide bonds. The molecule has 0 aromatic heterocycles. The standard InChI is InChI=1S/C30H30O6S3/c1-19-15-21(3)29(22(4)16-19)38(33,34)27-11-7-25(8-12-27)37(31,32)26-9-13-28(14-10-26)39(35,36)30-23(5)17-20(2)18-24(30)6/h7-18H,1-6H3. The van der Waals surface area contributed by atoms with Crippen LogP contribution in [0.15, 0.2) is 102 Å². The van der Waals surface area contributed by atoms with Gasteiger partial charge in [-0.2, -0.15) is 0 Å². The Morgan fingerprint density at radius 3 is 0.795 bits per heavy atom. The fraction of sp³-hybridized carbons (Fsp3) is 0.200. The van der Waals surface area contributed by atoms with Crippen molar-refractivity contribution in [2.24, 2.45) is 0 Å². The summed E-state index contributed by atoms with van der Waals surface area (Å²) in [7, 11) is -11.8. The quantitative estimate of drug-likeness (QED) is 0.275. The molecular weight excluding hydrogens is 553 g/mol. The molecule has 6 nitrogen and oxygen atoms in total. The topological polar surface area (TPSA) is 102 Å². The largest absolute Gasteiger partial charge is 0.219 e. The van der Waals surface area contributed by atoms with Crippen LogP contribution in [0, 0.1) is 41.5 Å². The molecule has 9 heteroatoms. The number of rotatable bonds is 6. The van der Waals surface area contributed by atoms with Gasteiger partial charge in [0.05, 0.1) is 29.4 Å². The van der Waals surface area contributed by atoms with Crippen molar-refractivity contribution in [3.8, 4) is 0 Å². The monoisotopic (exact) mass is 582 g/mol. The Morgan fingerprint density at radius 1 is 0.359 bits per heavy atom. The van der Waals surface area contributed by atoms with Gasteiger partial charge in [-0.05, 0) is 112 Å². The first kappa shape index (κ1) is 28.7. The molecule has 0 fully saturated rings. The molecule has 0 atom stereocenters. The van der Waals surface area contributed by atoms with Crippen LogP contribution in [0.25, 0.3) is 0 Å². The minimum absolute atomic E-state index is 0.0122. The highest BCUT2D eigenvalue weighted by Crippen LogP contribution is 2.32. The lowest BCUT2D eigenvalue weighted by Gasteiger charge is -2.13. The fourth-order valence-corrected chi connectivity index (χ4v) is 9.80. The normalized spacial score (nSPS) is 12.5. The molecule has 0 saturated heterocycles. The summed E-state index contributed by atoms with van der Waals surface area (Å²) < 4.78 is 79.9. The van der Waals surface area contributed by atoms with Gasteiger partial charge in [0.15, 0.2) is 0 Å². The molecule has 0 aliphatic heterocycles. The Labute approximate surface area is 231 Å². The number of hydrogen-bond donors (Lipinski definition) is 0. The van der Waals surface area contributed by atoms with Gasteiger partial charge >= 0.3 is 0 Å².